The zero-order chi connectivity index (χ0) is 18.4. The van der Waals surface area contributed by atoms with Crippen LogP contribution in [0, 0.1) is 5.92 Å². The molecule has 2 aliphatic carbocycles. The summed E-state index contributed by atoms with van der Waals surface area (Å²) in [6.45, 7) is 5.67. The van der Waals surface area contributed by atoms with Crippen molar-refractivity contribution in [3.05, 3.63) is 0 Å². The van der Waals surface area contributed by atoms with Crippen LogP contribution in [-0.4, -0.2) is 71.8 Å². The van der Waals surface area contributed by atoms with Gasteiger partial charge in [0.05, 0.1) is 0 Å². The third-order valence-electron chi connectivity index (χ3n) is 6.87. The Morgan fingerprint density at radius 3 is 2.38 bits per heavy atom. The highest BCUT2D eigenvalue weighted by molar-refractivity contribution is 5.78. The Kier molecular flexibility index (Phi) is 7.77. The zero-order valence-electron chi connectivity index (χ0n) is 16.6. The molecule has 3 fully saturated rings. The standard InChI is InChI=1S/C21H38N2O3/c1-2-26-16-17-8-9-20(14-17)22-12-10-19(11-13-22)23(21(25)15-24)18-6-4-3-5-7-18/h17-20,24H,2-16H2,1H3/t17-,20+/m0/s1. The Hall–Kier alpha value is -0.650. The fraction of sp³-hybridized carbons (Fsp3) is 0.952. The van der Waals surface area contributed by atoms with Crippen molar-refractivity contribution in [2.45, 2.75) is 89.3 Å². The first-order chi connectivity index (χ1) is 12.7. The number of amides is 1. The maximum atomic E-state index is 12.4. The summed E-state index contributed by atoms with van der Waals surface area (Å²) in [5.74, 6) is 0.681. The first-order valence-electron chi connectivity index (χ1n) is 11.0. The average molecular weight is 367 g/mol. The van der Waals surface area contributed by atoms with Crippen molar-refractivity contribution < 1.29 is 14.6 Å². The SMILES string of the molecule is CCOC[C@H]1CC[C@@H](N2CCC(N(C(=O)CO)C3CCCCC3)CC2)C1. The number of aliphatic hydroxyl groups is 1. The number of likely N-dealkylation sites (tertiary alicyclic amines) is 1. The Balaban J connectivity index is 1.50. The molecular weight excluding hydrogens is 328 g/mol. The van der Waals surface area contributed by atoms with Crippen LogP contribution in [0.2, 0.25) is 0 Å². The number of carbonyl (C=O) groups is 1. The lowest BCUT2D eigenvalue weighted by Gasteiger charge is -2.44. The van der Waals surface area contributed by atoms with Crippen molar-refractivity contribution in [1.29, 1.82) is 0 Å². The minimum atomic E-state index is -0.335. The molecule has 150 valence electrons. The van der Waals surface area contributed by atoms with Crippen molar-refractivity contribution >= 4 is 5.91 Å². The topological polar surface area (TPSA) is 53.0 Å². The lowest BCUT2D eigenvalue weighted by atomic mass is 9.91. The number of ether oxygens (including phenoxy) is 1. The molecule has 0 aromatic heterocycles. The summed E-state index contributed by atoms with van der Waals surface area (Å²) in [5.41, 5.74) is 0. The van der Waals surface area contributed by atoms with E-state index in [1.165, 1.54) is 38.5 Å². The van der Waals surface area contributed by atoms with Gasteiger partial charge in [0, 0.05) is 44.4 Å². The smallest absolute Gasteiger partial charge is 0.248 e. The van der Waals surface area contributed by atoms with Gasteiger partial charge in [-0.25, -0.2) is 0 Å². The Morgan fingerprint density at radius 2 is 1.73 bits per heavy atom. The highest BCUT2D eigenvalue weighted by Gasteiger charge is 2.36. The van der Waals surface area contributed by atoms with E-state index in [0.717, 1.165) is 57.9 Å². The molecule has 0 aromatic carbocycles. The molecule has 0 radical (unpaired) electrons. The Morgan fingerprint density at radius 1 is 1.04 bits per heavy atom. The zero-order valence-corrected chi connectivity index (χ0v) is 16.6. The van der Waals surface area contributed by atoms with E-state index in [-0.39, 0.29) is 12.5 Å². The Labute approximate surface area is 159 Å². The number of nitrogens with zero attached hydrogens (tertiary/aromatic N) is 2. The minimum Gasteiger partial charge on any atom is -0.387 e. The number of carbonyl (C=O) groups excluding carboxylic acids is 1. The van der Waals surface area contributed by atoms with Crippen LogP contribution in [0.25, 0.3) is 0 Å². The summed E-state index contributed by atoms with van der Waals surface area (Å²) in [6.07, 6.45) is 12.0. The normalized spacial score (nSPS) is 29.2. The van der Waals surface area contributed by atoms with Crippen molar-refractivity contribution in [3.63, 3.8) is 0 Å². The predicted octanol–water partition coefficient (Wildman–Crippen LogP) is 2.81. The molecule has 1 saturated heterocycles. The van der Waals surface area contributed by atoms with E-state index in [4.69, 9.17) is 4.74 Å². The molecule has 1 N–H and O–H groups in total. The molecule has 26 heavy (non-hydrogen) atoms. The molecule has 0 unspecified atom stereocenters. The van der Waals surface area contributed by atoms with Gasteiger partial charge in [-0.05, 0) is 57.8 Å². The number of piperidine rings is 1. The molecule has 3 rings (SSSR count). The van der Waals surface area contributed by atoms with Crippen molar-refractivity contribution in [2.75, 3.05) is 32.9 Å². The summed E-state index contributed by atoms with van der Waals surface area (Å²) in [6, 6.07) is 1.40. The van der Waals surface area contributed by atoms with E-state index >= 15 is 0 Å². The van der Waals surface area contributed by atoms with Gasteiger partial charge >= 0.3 is 0 Å². The van der Waals surface area contributed by atoms with Crippen LogP contribution in [0.4, 0.5) is 0 Å². The molecule has 0 bridgehead atoms. The summed E-state index contributed by atoms with van der Waals surface area (Å²) in [7, 11) is 0. The Bertz CT molecular complexity index is 431. The van der Waals surface area contributed by atoms with Crippen molar-refractivity contribution in [1.82, 2.24) is 9.80 Å². The lowest BCUT2D eigenvalue weighted by Crippen LogP contribution is -2.54. The fourth-order valence-corrected chi connectivity index (χ4v) is 5.49. The molecular formula is C21H38N2O3. The van der Waals surface area contributed by atoms with Gasteiger partial charge in [0.25, 0.3) is 0 Å². The van der Waals surface area contributed by atoms with Gasteiger partial charge < -0.3 is 19.6 Å². The first kappa shape index (κ1) is 20.1. The summed E-state index contributed by atoms with van der Waals surface area (Å²) >= 11 is 0. The third kappa shape index (κ3) is 4.99. The van der Waals surface area contributed by atoms with E-state index in [1.807, 2.05) is 0 Å². The van der Waals surface area contributed by atoms with Crippen LogP contribution in [0.15, 0.2) is 0 Å². The van der Waals surface area contributed by atoms with E-state index in [9.17, 15) is 9.90 Å². The summed E-state index contributed by atoms with van der Waals surface area (Å²) in [5, 5.41) is 9.48. The van der Waals surface area contributed by atoms with Crippen molar-refractivity contribution in [2.24, 2.45) is 5.92 Å². The average Bonchev–Trinajstić information content (AvgIpc) is 3.17. The van der Waals surface area contributed by atoms with Crippen LogP contribution < -0.4 is 0 Å². The van der Waals surface area contributed by atoms with Crippen LogP contribution in [0.5, 0.6) is 0 Å². The number of rotatable bonds is 7. The fourth-order valence-electron chi connectivity index (χ4n) is 5.49. The van der Waals surface area contributed by atoms with Gasteiger partial charge in [0.1, 0.15) is 6.61 Å². The van der Waals surface area contributed by atoms with Gasteiger partial charge in [-0.15, -0.1) is 0 Å². The lowest BCUT2D eigenvalue weighted by molar-refractivity contribution is -0.141. The number of hydrogen-bond donors (Lipinski definition) is 1. The molecule has 1 heterocycles. The second-order valence-corrected chi connectivity index (χ2v) is 8.51. The molecule has 2 saturated carbocycles. The first-order valence-corrected chi connectivity index (χ1v) is 11.0. The number of aliphatic hydroxyl groups excluding tert-OH is 1. The molecule has 3 aliphatic rings. The number of hydrogen-bond acceptors (Lipinski definition) is 4. The molecule has 2 atom stereocenters. The van der Waals surface area contributed by atoms with Crippen LogP contribution in [-0.2, 0) is 9.53 Å². The van der Waals surface area contributed by atoms with E-state index in [2.05, 4.69) is 16.7 Å². The van der Waals surface area contributed by atoms with Gasteiger partial charge in [-0.2, -0.15) is 0 Å². The second kappa shape index (κ2) is 10.0. The highest BCUT2D eigenvalue weighted by Crippen LogP contribution is 2.33. The maximum absolute atomic E-state index is 12.4. The van der Waals surface area contributed by atoms with E-state index in [1.54, 1.807) is 0 Å². The van der Waals surface area contributed by atoms with E-state index < -0.39 is 0 Å². The van der Waals surface area contributed by atoms with Crippen LogP contribution in [0.1, 0.15) is 71.1 Å². The quantitative estimate of drug-likeness (QED) is 0.753. The monoisotopic (exact) mass is 366 g/mol. The van der Waals surface area contributed by atoms with Crippen molar-refractivity contribution in [3.8, 4) is 0 Å². The van der Waals surface area contributed by atoms with Crippen LogP contribution >= 0.6 is 0 Å². The van der Waals surface area contributed by atoms with Gasteiger partial charge in [0.2, 0.25) is 5.91 Å². The molecule has 0 aromatic rings. The molecule has 5 heteroatoms. The predicted molar refractivity (Wildman–Crippen MR) is 103 cm³/mol. The molecule has 1 amide bonds. The summed E-state index contributed by atoms with van der Waals surface area (Å²) < 4.78 is 5.62. The molecule has 1 aliphatic heterocycles. The van der Waals surface area contributed by atoms with Gasteiger partial charge in [-0.1, -0.05) is 19.3 Å². The third-order valence-corrected chi connectivity index (χ3v) is 6.87. The molecule has 5 nitrogen and oxygen atoms in total. The second-order valence-electron chi connectivity index (χ2n) is 8.51. The van der Waals surface area contributed by atoms with Gasteiger partial charge in [0.15, 0.2) is 0 Å². The minimum absolute atomic E-state index is 0.0482. The van der Waals surface area contributed by atoms with Crippen LogP contribution in [0.3, 0.4) is 0 Å². The van der Waals surface area contributed by atoms with Gasteiger partial charge in [-0.3, -0.25) is 4.79 Å². The van der Waals surface area contributed by atoms with E-state index in [0.29, 0.717) is 18.1 Å². The summed E-state index contributed by atoms with van der Waals surface area (Å²) in [4.78, 5) is 17.2. The largest absolute Gasteiger partial charge is 0.387 e. The molecule has 0 spiro atoms. The maximum Gasteiger partial charge on any atom is 0.248 e. The highest BCUT2D eigenvalue weighted by atomic mass is 16.5.